The summed E-state index contributed by atoms with van der Waals surface area (Å²) >= 11 is 5.86. The van der Waals surface area contributed by atoms with Crippen molar-refractivity contribution < 1.29 is 17.8 Å². The third-order valence-electron chi connectivity index (χ3n) is 4.93. The number of nitrogens with one attached hydrogen (secondary N) is 1. The summed E-state index contributed by atoms with van der Waals surface area (Å²) in [5, 5.41) is 4.69. The number of nitrogens with zero attached hydrogens (tertiary/aromatic N) is 2. The van der Waals surface area contributed by atoms with Gasteiger partial charge in [-0.1, -0.05) is 47.1 Å². The molecule has 1 saturated heterocycles. The third kappa shape index (κ3) is 4.12. The monoisotopic (exact) mass is 418 g/mol. The topological polar surface area (TPSA) is 67.8 Å². The molecule has 2 heterocycles. The molecule has 0 bridgehead atoms. The maximum absolute atomic E-state index is 12.8. The summed E-state index contributed by atoms with van der Waals surface area (Å²) in [5.41, 5.74) is 1.87. The summed E-state index contributed by atoms with van der Waals surface area (Å²) in [6.45, 7) is 3.11. The van der Waals surface area contributed by atoms with Crippen LogP contribution in [0.5, 0.6) is 0 Å². The fourth-order valence-corrected chi connectivity index (χ4v) is 4.93. The van der Waals surface area contributed by atoms with Gasteiger partial charge in [-0.25, -0.2) is 8.42 Å². The van der Waals surface area contributed by atoms with Crippen molar-refractivity contribution in [2.24, 2.45) is 0 Å². The number of aromatic nitrogens is 1. The average molecular weight is 419 g/mol. The van der Waals surface area contributed by atoms with Gasteiger partial charge in [0.05, 0.1) is 31.1 Å². The fourth-order valence-electron chi connectivity index (χ4n) is 3.36. The van der Waals surface area contributed by atoms with E-state index in [4.69, 9.17) is 16.1 Å². The molecule has 1 fully saturated rings. The van der Waals surface area contributed by atoms with Crippen LogP contribution in [0.15, 0.2) is 70.1 Å². The first-order chi connectivity index (χ1) is 13.5. The Kier molecular flexibility index (Phi) is 5.50. The number of rotatable bonds is 5. The van der Waals surface area contributed by atoms with E-state index >= 15 is 0 Å². The maximum atomic E-state index is 12.8. The molecule has 0 saturated carbocycles. The Morgan fingerprint density at radius 1 is 1.04 bits per heavy atom. The Morgan fingerprint density at radius 3 is 2.39 bits per heavy atom. The Bertz CT molecular complexity index is 1030. The molecule has 2 aromatic carbocycles. The van der Waals surface area contributed by atoms with Gasteiger partial charge in [-0.3, -0.25) is 0 Å². The van der Waals surface area contributed by atoms with Crippen molar-refractivity contribution in [3.8, 4) is 11.3 Å². The molecular weight excluding hydrogens is 398 g/mol. The molecule has 3 aromatic rings. The Balaban J connectivity index is 1.37. The van der Waals surface area contributed by atoms with E-state index in [1.807, 2.05) is 36.4 Å². The van der Waals surface area contributed by atoms with E-state index in [1.54, 1.807) is 24.3 Å². The van der Waals surface area contributed by atoms with E-state index < -0.39 is 10.0 Å². The van der Waals surface area contributed by atoms with Crippen molar-refractivity contribution in [2.45, 2.75) is 11.4 Å². The molecule has 28 heavy (non-hydrogen) atoms. The largest absolute Gasteiger partial charge is 0.356 e. The summed E-state index contributed by atoms with van der Waals surface area (Å²) in [7, 11) is -3.48. The summed E-state index contributed by atoms with van der Waals surface area (Å²) in [6, 6.07) is 18.1. The lowest BCUT2D eigenvalue weighted by molar-refractivity contribution is -0.917. The molecule has 0 radical (unpaired) electrons. The first-order valence-corrected chi connectivity index (χ1v) is 10.9. The highest BCUT2D eigenvalue weighted by molar-refractivity contribution is 7.89. The van der Waals surface area contributed by atoms with Crippen LogP contribution in [-0.4, -0.2) is 44.1 Å². The molecular formula is C20H21ClN3O3S+. The van der Waals surface area contributed by atoms with Crippen molar-refractivity contribution in [1.29, 1.82) is 0 Å². The number of piperazine rings is 1. The quantitative estimate of drug-likeness (QED) is 0.689. The van der Waals surface area contributed by atoms with E-state index in [1.165, 1.54) is 9.21 Å². The number of benzene rings is 2. The number of sulfonamides is 1. The second kappa shape index (κ2) is 8.05. The predicted octanol–water partition coefficient (Wildman–Crippen LogP) is 2.08. The van der Waals surface area contributed by atoms with Crippen LogP contribution < -0.4 is 4.90 Å². The molecule has 1 aromatic heterocycles. The highest BCUT2D eigenvalue weighted by atomic mass is 35.5. The van der Waals surface area contributed by atoms with E-state index in [0.717, 1.165) is 30.1 Å². The van der Waals surface area contributed by atoms with Gasteiger partial charge in [-0.15, -0.1) is 0 Å². The van der Waals surface area contributed by atoms with Crippen LogP contribution in [0.25, 0.3) is 11.3 Å². The molecule has 0 unspecified atom stereocenters. The molecule has 0 aliphatic carbocycles. The minimum Gasteiger partial charge on any atom is -0.356 e. The Morgan fingerprint density at radius 2 is 1.71 bits per heavy atom. The maximum Gasteiger partial charge on any atom is 0.243 e. The smallest absolute Gasteiger partial charge is 0.243 e. The van der Waals surface area contributed by atoms with Crippen molar-refractivity contribution in [3.05, 3.63) is 71.4 Å². The molecule has 1 N–H and O–H groups in total. The molecule has 1 aliphatic heterocycles. The number of hydrogen-bond acceptors (Lipinski definition) is 4. The third-order valence-corrected chi connectivity index (χ3v) is 7.09. The summed E-state index contributed by atoms with van der Waals surface area (Å²) in [4.78, 5) is 1.57. The fraction of sp³-hybridized carbons (Fsp3) is 0.250. The lowest BCUT2D eigenvalue weighted by Crippen LogP contribution is -3.13. The average Bonchev–Trinajstić information content (AvgIpc) is 3.18. The van der Waals surface area contributed by atoms with Gasteiger partial charge in [0.1, 0.15) is 12.2 Å². The van der Waals surface area contributed by atoms with Crippen molar-refractivity contribution in [3.63, 3.8) is 0 Å². The number of quaternary nitrogens is 1. The summed E-state index contributed by atoms with van der Waals surface area (Å²) in [5.74, 6) is 0.749. The molecule has 0 amide bonds. The molecule has 6 nitrogen and oxygen atoms in total. The standard InChI is InChI=1S/C20H20ClN3O3S/c21-17-6-8-19(9-7-17)28(25,26)24-12-10-23(11-13-24)15-18-14-20(27-22-18)16-4-2-1-3-5-16/h1-9,14H,10-13,15H2/p+1. The Hall–Kier alpha value is -2.19. The molecule has 146 valence electrons. The Labute approximate surface area is 169 Å². The van der Waals surface area contributed by atoms with Gasteiger partial charge >= 0.3 is 0 Å². The zero-order chi connectivity index (χ0) is 19.6. The van der Waals surface area contributed by atoms with Crippen LogP contribution in [-0.2, 0) is 16.6 Å². The van der Waals surface area contributed by atoms with Crippen LogP contribution in [0.2, 0.25) is 5.02 Å². The van der Waals surface area contributed by atoms with E-state index in [9.17, 15) is 8.42 Å². The number of hydrogen-bond donors (Lipinski definition) is 1. The van der Waals surface area contributed by atoms with Crippen molar-refractivity contribution in [2.75, 3.05) is 26.2 Å². The van der Waals surface area contributed by atoms with Crippen LogP contribution in [0.4, 0.5) is 0 Å². The second-order valence-corrected chi connectivity index (χ2v) is 9.21. The normalized spacial score (nSPS) is 16.3. The predicted molar refractivity (Wildman–Crippen MR) is 107 cm³/mol. The van der Waals surface area contributed by atoms with E-state index in [0.29, 0.717) is 24.7 Å². The lowest BCUT2D eigenvalue weighted by Gasteiger charge is -2.31. The molecule has 4 rings (SSSR count). The summed E-state index contributed by atoms with van der Waals surface area (Å²) < 4.78 is 32.5. The SMILES string of the molecule is O=S(=O)(c1ccc(Cl)cc1)N1CC[NH+](Cc2cc(-c3ccccc3)on2)CC1. The van der Waals surface area contributed by atoms with Gasteiger partial charge in [0.25, 0.3) is 0 Å². The van der Waals surface area contributed by atoms with Crippen molar-refractivity contribution >= 4 is 21.6 Å². The van der Waals surface area contributed by atoms with Gasteiger partial charge in [-0.2, -0.15) is 4.31 Å². The van der Waals surface area contributed by atoms with Crippen LogP contribution in [0.3, 0.4) is 0 Å². The number of halogens is 1. The van der Waals surface area contributed by atoms with Gasteiger partial charge in [0.15, 0.2) is 5.76 Å². The highest BCUT2D eigenvalue weighted by Crippen LogP contribution is 2.20. The highest BCUT2D eigenvalue weighted by Gasteiger charge is 2.30. The zero-order valence-electron chi connectivity index (χ0n) is 15.2. The first-order valence-electron chi connectivity index (χ1n) is 9.13. The molecule has 0 spiro atoms. The minimum atomic E-state index is -3.48. The summed E-state index contributed by atoms with van der Waals surface area (Å²) in [6.07, 6.45) is 0. The van der Waals surface area contributed by atoms with Crippen LogP contribution in [0.1, 0.15) is 5.69 Å². The van der Waals surface area contributed by atoms with E-state index in [2.05, 4.69) is 5.16 Å². The van der Waals surface area contributed by atoms with Crippen molar-refractivity contribution in [1.82, 2.24) is 9.46 Å². The molecule has 8 heteroatoms. The van der Waals surface area contributed by atoms with Gasteiger partial charge in [0.2, 0.25) is 10.0 Å². The minimum absolute atomic E-state index is 0.282. The van der Waals surface area contributed by atoms with Crippen LogP contribution >= 0.6 is 11.6 Å². The first kappa shape index (κ1) is 19.1. The second-order valence-electron chi connectivity index (χ2n) is 6.83. The molecule has 1 aliphatic rings. The van der Waals surface area contributed by atoms with Gasteiger partial charge < -0.3 is 9.42 Å². The van der Waals surface area contributed by atoms with Gasteiger partial charge in [0, 0.05) is 16.7 Å². The van der Waals surface area contributed by atoms with Gasteiger partial charge in [-0.05, 0) is 24.3 Å². The zero-order valence-corrected chi connectivity index (χ0v) is 16.8. The van der Waals surface area contributed by atoms with Crippen LogP contribution in [0, 0.1) is 0 Å². The molecule has 0 atom stereocenters. The van der Waals surface area contributed by atoms with E-state index in [-0.39, 0.29) is 4.90 Å². The lowest BCUT2D eigenvalue weighted by atomic mass is 10.1.